The number of ether oxygens (including phenoxy) is 1. The van der Waals surface area contributed by atoms with Crippen LogP contribution < -0.4 is 0 Å². The van der Waals surface area contributed by atoms with E-state index in [1.54, 1.807) is 0 Å². The molecule has 0 amide bonds. The highest BCUT2D eigenvalue weighted by atomic mass is 19.4. The van der Waals surface area contributed by atoms with Gasteiger partial charge in [-0.1, -0.05) is 0 Å². The molecule has 0 aliphatic rings. The Bertz CT molecular complexity index is 559. The van der Waals surface area contributed by atoms with Gasteiger partial charge in [-0.05, 0) is 17.7 Å². The summed E-state index contributed by atoms with van der Waals surface area (Å²) >= 11 is 0. The van der Waals surface area contributed by atoms with Crippen molar-refractivity contribution in [2.45, 2.75) is 12.6 Å². The zero-order valence-corrected chi connectivity index (χ0v) is 9.75. The molecular weight excluding hydrogens is 263 g/mol. The SMILES string of the molecule is COC(=O)Cc1cc(C=O)c(C#N)c(C(F)(F)F)c1. The molecule has 0 saturated heterocycles. The number of rotatable bonds is 3. The van der Waals surface area contributed by atoms with Crippen LogP contribution in [0.5, 0.6) is 0 Å². The average molecular weight is 271 g/mol. The number of carbonyl (C=O) groups excluding carboxylic acids is 2. The van der Waals surface area contributed by atoms with Crippen molar-refractivity contribution in [3.05, 3.63) is 34.4 Å². The number of benzene rings is 1. The largest absolute Gasteiger partial charge is 0.469 e. The van der Waals surface area contributed by atoms with E-state index in [0.29, 0.717) is 6.07 Å². The van der Waals surface area contributed by atoms with Gasteiger partial charge in [0.15, 0.2) is 6.29 Å². The molecule has 0 heterocycles. The van der Waals surface area contributed by atoms with Gasteiger partial charge in [0.05, 0.1) is 24.7 Å². The fourth-order valence-electron chi connectivity index (χ4n) is 1.51. The van der Waals surface area contributed by atoms with Gasteiger partial charge < -0.3 is 4.74 Å². The molecule has 1 rings (SSSR count). The molecule has 0 saturated carbocycles. The predicted molar refractivity (Wildman–Crippen MR) is 57.3 cm³/mol. The molecular formula is C12H8F3NO3. The third-order valence-corrected chi connectivity index (χ3v) is 2.35. The Morgan fingerprint density at radius 1 is 1.47 bits per heavy atom. The number of esters is 1. The molecule has 0 unspecified atom stereocenters. The molecule has 0 atom stereocenters. The van der Waals surface area contributed by atoms with E-state index < -0.39 is 35.3 Å². The molecule has 0 spiro atoms. The Labute approximate surface area is 106 Å². The minimum atomic E-state index is -4.78. The summed E-state index contributed by atoms with van der Waals surface area (Å²) in [5.74, 6) is -0.741. The van der Waals surface area contributed by atoms with E-state index >= 15 is 0 Å². The van der Waals surface area contributed by atoms with Crippen LogP contribution in [0.2, 0.25) is 0 Å². The Balaban J connectivity index is 3.44. The van der Waals surface area contributed by atoms with Gasteiger partial charge in [-0.25, -0.2) is 0 Å². The molecule has 0 aliphatic heterocycles. The summed E-state index contributed by atoms with van der Waals surface area (Å²) in [5, 5.41) is 8.71. The van der Waals surface area contributed by atoms with Crippen molar-refractivity contribution in [3.8, 4) is 6.07 Å². The van der Waals surface area contributed by atoms with Gasteiger partial charge in [0, 0.05) is 5.56 Å². The average Bonchev–Trinajstić information content (AvgIpc) is 2.36. The number of halogens is 3. The van der Waals surface area contributed by atoms with Crippen molar-refractivity contribution >= 4 is 12.3 Å². The van der Waals surface area contributed by atoms with E-state index in [4.69, 9.17) is 5.26 Å². The third kappa shape index (κ3) is 3.31. The van der Waals surface area contributed by atoms with Crippen molar-refractivity contribution in [1.82, 2.24) is 0 Å². The first kappa shape index (κ1) is 14.7. The highest BCUT2D eigenvalue weighted by Gasteiger charge is 2.35. The maximum Gasteiger partial charge on any atom is 0.417 e. The van der Waals surface area contributed by atoms with Crippen LogP contribution >= 0.6 is 0 Å². The van der Waals surface area contributed by atoms with E-state index in [2.05, 4.69) is 4.74 Å². The monoisotopic (exact) mass is 271 g/mol. The number of alkyl halides is 3. The number of carbonyl (C=O) groups is 2. The lowest BCUT2D eigenvalue weighted by Crippen LogP contribution is -2.13. The van der Waals surface area contributed by atoms with Gasteiger partial charge in [0.2, 0.25) is 0 Å². The predicted octanol–water partition coefficient (Wildman–Crippen LogP) is 2.11. The first-order valence-corrected chi connectivity index (χ1v) is 4.99. The minimum absolute atomic E-state index is 0.0414. The van der Waals surface area contributed by atoms with Crippen LogP contribution in [0.1, 0.15) is 27.0 Å². The summed E-state index contributed by atoms with van der Waals surface area (Å²) in [7, 11) is 1.09. The quantitative estimate of drug-likeness (QED) is 0.623. The van der Waals surface area contributed by atoms with Crippen LogP contribution in [-0.2, 0) is 22.1 Å². The molecule has 1 aromatic carbocycles. The normalized spacial score (nSPS) is 10.7. The number of methoxy groups -OCH3 is 1. The molecule has 0 bridgehead atoms. The van der Waals surface area contributed by atoms with Crippen molar-refractivity contribution in [2.24, 2.45) is 0 Å². The van der Waals surface area contributed by atoms with Crippen LogP contribution in [0.4, 0.5) is 13.2 Å². The number of hydrogen-bond donors (Lipinski definition) is 0. The molecule has 0 aliphatic carbocycles. The summed E-state index contributed by atoms with van der Waals surface area (Å²) in [5.41, 5.74) is -2.44. The van der Waals surface area contributed by atoms with Gasteiger partial charge in [0.25, 0.3) is 0 Å². The van der Waals surface area contributed by atoms with Crippen molar-refractivity contribution in [3.63, 3.8) is 0 Å². The Hall–Kier alpha value is -2.36. The first-order chi connectivity index (χ1) is 8.83. The van der Waals surface area contributed by atoms with Gasteiger partial charge in [-0.15, -0.1) is 0 Å². The standard InChI is InChI=1S/C12H8F3NO3/c1-19-11(18)4-7-2-8(6-17)9(5-16)10(3-7)12(13,14)15/h2-3,6H,4H2,1H3. The van der Waals surface area contributed by atoms with Crippen molar-refractivity contribution < 1.29 is 27.5 Å². The third-order valence-electron chi connectivity index (χ3n) is 2.35. The van der Waals surface area contributed by atoms with Gasteiger partial charge in [0.1, 0.15) is 6.07 Å². The van der Waals surface area contributed by atoms with Crippen LogP contribution in [0.25, 0.3) is 0 Å². The van der Waals surface area contributed by atoms with Gasteiger partial charge in [-0.2, -0.15) is 18.4 Å². The summed E-state index contributed by atoms with van der Waals surface area (Å²) in [4.78, 5) is 21.8. The molecule has 0 radical (unpaired) electrons. The summed E-state index contributed by atoms with van der Waals surface area (Å²) in [6, 6.07) is 3.09. The zero-order valence-electron chi connectivity index (χ0n) is 9.75. The topological polar surface area (TPSA) is 67.2 Å². The fraction of sp³-hybridized carbons (Fsp3) is 0.250. The van der Waals surface area contributed by atoms with E-state index in [1.165, 1.54) is 6.07 Å². The molecule has 0 N–H and O–H groups in total. The second-order valence-electron chi connectivity index (χ2n) is 3.59. The number of aldehydes is 1. The van der Waals surface area contributed by atoms with Gasteiger partial charge >= 0.3 is 12.1 Å². The molecule has 19 heavy (non-hydrogen) atoms. The Kier molecular flexibility index (Phi) is 4.27. The maximum absolute atomic E-state index is 12.8. The van der Waals surface area contributed by atoms with E-state index in [9.17, 15) is 22.8 Å². The summed E-state index contributed by atoms with van der Waals surface area (Å²) < 4.78 is 42.6. The van der Waals surface area contributed by atoms with Gasteiger partial charge in [-0.3, -0.25) is 9.59 Å². The second kappa shape index (κ2) is 5.52. The van der Waals surface area contributed by atoms with E-state index in [0.717, 1.165) is 13.2 Å². The van der Waals surface area contributed by atoms with Crippen molar-refractivity contribution in [2.75, 3.05) is 7.11 Å². The van der Waals surface area contributed by atoms with Crippen LogP contribution in [0.3, 0.4) is 0 Å². The molecule has 1 aromatic rings. The number of nitriles is 1. The smallest absolute Gasteiger partial charge is 0.417 e. The lowest BCUT2D eigenvalue weighted by Gasteiger charge is -2.12. The van der Waals surface area contributed by atoms with E-state index in [-0.39, 0.29) is 11.8 Å². The molecule has 0 aromatic heterocycles. The van der Waals surface area contributed by atoms with Crippen LogP contribution in [-0.4, -0.2) is 19.4 Å². The highest BCUT2D eigenvalue weighted by Crippen LogP contribution is 2.33. The number of hydrogen-bond acceptors (Lipinski definition) is 4. The second-order valence-corrected chi connectivity index (χ2v) is 3.59. The molecule has 7 heteroatoms. The summed E-state index contributed by atoms with van der Waals surface area (Å²) in [6.45, 7) is 0. The fourth-order valence-corrected chi connectivity index (χ4v) is 1.51. The highest BCUT2D eigenvalue weighted by molar-refractivity contribution is 5.82. The van der Waals surface area contributed by atoms with Crippen molar-refractivity contribution in [1.29, 1.82) is 5.26 Å². The Morgan fingerprint density at radius 3 is 2.53 bits per heavy atom. The molecule has 0 fully saturated rings. The molecule has 4 nitrogen and oxygen atoms in total. The first-order valence-electron chi connectivity index (χ1n) is 4.99. The minimum Gasteiger partial charge on any atom is -0.469 e. The molecule has 100 valence electrons. The van der Waals surface area contributed by atoms with E-state index in [1.807, 2.05) is 0 Å². The lowest BCUT2D eigenvalue weighted by molar-refractivity contribution is -0.140. The zero-order chi connectivity index (χ0) is 14.6. The maximum atomic E-state index is 12.8. The lowest BCUT2D eigenvalue weighted by atomic mass is 9.97. The number of nitrogens with zero attached hydrogens (tertiary/aromatic N) is 1. The Morgan fingerprint density at radius 2 is 2.11 bits per heavy atom. The van der Waals surface area contributed by atoms with Crippen LogP contribution in [0.15, 0.2) is 12.1 Å². The van der Waals surface area contributed by atoms with Crippen LogP contribution in [0, 0.1) is 11.3 Å². The summed E-state index contributed by atoms with van der Waals surface area (Å²) in [6.07, 6.45) is -5.05.